The van der Waals surface area contributed by atoms with Crippen LogP contribution in [0, 0.1) is 34.6 Å². The number of rotatable bonds is 5. The fraction of sp³-hybridized carbons (Fsp3) is 0.292. The molecule has 0 aliphatic rings. The monoisotopic (exact) mass is 422 g/mol. The van der Waals surface area contributed by atoms with Crippen LogP contribution in [0.25, 0.3) is 0 Å². The molecule has 30 heavy (non-hydrogen) atoms. The van der Waals surface area contributed by atoms with E-state index in [1.54, 1.807) is 11.0 Å². The SMILES string of the molecule is CC(=O)N(c1nc(COC(=O)c2ccc(C)cc2C)cs1)c1c(C)cc(C)cc1C. The Balaban J connectivity index is 1.80. The van der Waals surface area contributed by atoms with Gasteiger partial charge in [-0.15, -0.1) is 11.3 Å². The summed E-state index contributed by atoms with van der Waals surface area (Å²) in [6.07, 6.45) is 0. The van der Waals surface area contributed by atoms with Crippen LogP contribution in [-0.4, -0.2) is 16.9 Å². The lowest BCUT2D eigenvalue weighted by molar-refractivity contribution is -0.115. The van der Waals surface area contributed by atoms with Crippen LogP contribution in [0.3, 0.4) is 0 Å². The predicted molar refractivity (Wildman–Crippen MR) is 121 cm³/mol. The molecule has 0 N–H and O–H groups in total. The molecule has 2 aromatic carbocycles. The minimum Gasteiger partial charge on any atom is -0.456 e. The first kappa shape index (κ1) is 21.7. The largest absolute Gasteiger partial charge is 0.456 e. The highest BCUT2D eigenvalue weighted by molar-refractivity contribution is 7.14. The lowest BCUT2D eigenvalue weighted by atomic mass is 10.0. The topological polar surface area (TPSA) is 59.5 Å². The first-order valence-corrected chi connectivity index (χ1v) is 10.6. The highest BCUT2D eigenvalue weighted by atomic mass is 32.1. The standard InChI is InChI=1S/C24H26N2O3S/c1-14-7-8-21(16(3)9-14)23(28)29-12-20-13-30-24(25-20)26(19(6)27)22-17(4)10-15(2)11-18(22)5/h7-11,13H,12H2,1-6H3. The zero-order chi connectivity index (χ0) is 22.0. The molecule has 0 unspecified atom stereocenters. The zero-order valence-electron chi connectivity index (χ0n) is 18.2. The highest BCUT2D eigenvalue weighted by Gasteiger charge is 2.22. The molecule has 0 spiro atoms. The lowest BCUT2D eigenvalue weighted by Crippen LogP contribution is -2.24. The second-order valence-electron chi connectivity index (χ2n) is 7.62. The Hall–Kier alpha value is -2.99. The third kappa shape index (κ3) is 4.60. The van der Waals surface area contributed by atoms with Crippen LogP contribution in [0.5, 0.6) is 0 Å². The number of nitrogens with zero attached hydrogens (tertiary/aromatic N) is 2. The van der Waals surface area contributed by atoms with Crippen molar-refractivity contribution in [2.75, 3.05) is 4.90 Å². The number of thiazole rings is 1. The van der Waals surface area contributed by atoms with Gasteiger partial charge in [-0.3, -0.25) is 9.69 Å². The van der Waals surface area contributed by atoms with Crippen molar-refractivity contribution >= 4 is 34.0 Å². The number of amides is 1. The van der Waals surface area contributed by atoms with Crippen molar-refractivity contribution in [3.05, 3.63) is 74.8 Å². The molecular formula is C24H26N2O3S. The summed E-state index contributed by atoms with van der Waals surface area (Å²) in [6.45, 7) is 11.5. The predicted octanol–water partition coefficient (Wildman–Crippen LogP) is 5.73. The Labute approximate surface area is 181 Å². The van der Waals surface area contributed by atoms with E-state index in [-0.39, 0.29) is 18.5 Å². The van der Waals surface area contributed by atoms with Crippen molar-refractivity contribution in [3.8, 4) is 0 Å². The van der Waals surface area contributed by atoms with Crippen LogP contribution >= 0.6 is 11.3 Å². The summed E-state index contributed by atoms with van der Waals surface area (Å²) in [5.41, 5.74) is 7.17. The van der Waals surface area contributed by atoms with Crippen molar-refractivity contribution in [2.45, 2.75) is 48.1 Å². The molecule has 0 aliphatic carbocycles. The Bertz CT molecular complexity index is 1090. The summed E-state index contributed by atoms with van der Waals surface area (Å²) in [7, 11) is 0. The minimum atomic E-state index is -0.379. The van der Waals surface area contributed by atoms with E-state index in [2.05, 4.69) is 17.1 Å². The summed E-state index contributed by atoms with van der Waals surface area (Å²) in [5.74, 6) is -0.492. The van der Waals surface area contributed by atoms with Gasteiger partial charge in [0.2, 0.25) is 5.91 Å². The molecule has 0 saturated carbocycles. The number of aromatic nitrogens is 1. The van der Waals surface area contributed by atoms with Gasteiger partial charge in [0.15, 0.2) is 5.13 Å². The summed E-state index contributed by atoms with van der Waals surface area (Å²) < 4.78 is 5.46. The Morgan fingerprint density at radius 1 is 0.967 bits per heavy atom. The van der Waals surface area contributed by atoms with Gasteiger partial charge < -0.3 is 4.74 Å². The Morgan fingerprint density at radius 2 is 1.60 bits per heavy atom. The van der Waals surface area contributed by atoms with Crippen LogP contribution < -0.4 is 4.90 Å². The van der Waals surface area contributed by atoms with Crippen LogP contribution in [-0.2, 0) is 16.1 Å². The average Bonchev–Trinajstić information content (AvgIpc) is 3.10. The van der Waals surface area contributed by atoms with Crippen molar-refractivity contribution < 1.29 is 14.3 Å². The second-order valence-corrected chi connectivity index (χ2v) is 8.45. The van der Waals surface area contributed by atoms with Crippen LogP contribution in [0.4, 0.5) is 10.8 Å². The number of hydrogen-bond donors (Lipinski definition) is 0. The zero-order valence-corrected chi connectivity index (χ0v) is 19.0. The summed E-state index contributed by atoms with van der Waals surface area (Å²) in [5, 5.41) is 2.38. The summed E-state index contributed by atoms with van der Waals surface area (Å²) >= 11 is 1.36. The molecule has 1 amide bonds. The van der Waals surface area contributed by atoms with Crippen molar-refractivity contribution in [2.24, 2.45) is 0 Å². The molecule has 1 aromatic heterocycles. The van der Waals surface area contributed by atoms with E-state index in [4.69, 9.17) is 4.74 Å². The van der Waals surface area contributed by atoms with E-state index < -0.39 is 0 Å². The molecule has 156 valence electrons. The molecule has 0 bridgehead atoms. The molecule has 0 aliphatic heterocycles. The first-order valence-electron chi connectivity index (χ1n) is 9.74. The number of aryl methyl sites for hydroxylation is 5. The quantitative estimate of drug-likeness (QED) is 0.493. The maximum absolute atomic E-state index is 12.5. The maximum Gasteiger partial charge on any atom is 0.338 e. The van der Waals surface area contributed by atoms with Gasteiger partial charge in [0.05, 0.1) is 16.9 Å². The number of ether oxygens (including phenoxy) is 1. The van der Waals surface area contributed by atoms with Crippen molar-refractivity contribution in [1.82, 2.24) is 4.98 Å². The van der Waals surface area contributed by atoms with E-state index in [1.165, 1.54) is 18.3 Å². The van der Waals surface area contributed by atoms with Gasteiger partial charge in [0.25, 0.3) is 0 Å². The number of anilines is 2. The van der Waals surface area contributed by atoms with E-state index in [9.17, 15) is 9.59 Å². The third-order valence-electron chi connectivity index (χ3n) is 4.86. The van der Waals surface area contributed by atoms with E-state index in [0.717, 1.165) is 33.5 Å². The number of hydrogen-bond acceptors (Lipinski definition) is 5. The van der Waals surface area contributed by atoms with Crippen LogP contribution in [0.2, 0.25) is 0 Å². The van der Waals surface area contributed by atoms with E-state index in [0.29, 0.717) is 16.4 Å². The van der Waals surface area contributed by atoms with Gasteiger partial charge in [-0.05, 0) is 57.4 Å². The number of benzene rings is 2. The van der Waals surface area contributed by atoms with Crippen molar-refractivity contribution in [1.29, 1.82) is 0 Å². The minimum absolute atomic E-state index is 0.0558. The first-order chi connectivity index (χ1) is 14.2. The summed E-state index contributed by atoms with van der Waals surface area (Å²) in [6, 6.07) is 9.73. The fourth-order valence-electron chi connectivity index (χ4n) is 3.64. The number of carbonyl (C=O) groups is 2. The van der Waals surface area contributed by atoms with E-state index >= 15 is 0 Å². The molecular weight excluding hydrogens is 396 g/mol. The van der Waals surface area contributed by atoms with Gasteiger partial charge >= 0.3 is 5.97 Å². The number of carbonyl (C=O) groups excluding carboxylic acids is 2. The maximum atomic E-state index is 12.5. The molecule has 3 aromatic rings. The molecule has 3 rings (SSSR count). The third-order valence-corrected chi connectivity index (χ3v) is 5.73. The second kappa shape index (κ2) is 8.79. The molecule has 0 saturated heterocycles. The van der Waals surface area contributed by atoms with Crippen LogP contribution in [0.15, 0.2) is 35.7 Å². The molecule has 0 atom stereocenters. The lowest BCUT2D eigenvalue weighted by Gasteiger charge is -2.23. The normalized spacial score (nSPS) is 10.7. The average molecular weight is 423 g/mol. The number of esters is 1. The van der Waals surface area contributed by atoms with Gasteiger partial charge in [0.1, 0.15) is 6.61 Å². The Morgan fingerprint density at radius 3 is 2.20 bits per heavy atom. The molecule has 5 nitrogen and oxygen atoms in total. The fourth-order valence-corrected chi connectivity index (χ4v) is 4.50. The van der Waals surface area contributed by atoms with Gasteiger partial charge in [-0.25, -0.2) is 9.78 Å². The molecule has 0 fully saturated rings. The van der Waals surface area contributed by atoms with Gasteiger partial charge in [-0.1, -0.05) is 35.4 Å². The smallest absolute Gasteiger partial charge is 0.338 e. The highest BCUT2D eigenvalue weighted by Crippen LogP contribution is 2.34. The van der Waals surface area contributed by atoms with Gasteiger partial charge in [-0.2, -0.15) is 0 Å². The van der Waals surface area contributed by atoms with Gasteiger partial charge in [0, 0.05) is 12.3 Å². The summed E-state index contributed by atoms with van der Waals surface area (Å²) in [4.78, 5) is 31.1. The molecule has 1 heterocycles. The Kier molecular flexibility index (Phi) is 6.37. The molecule has 0 radical (unpaired) electrons. The van der Waals surface area contributed by atoms with E-state index in [1.807, 2.05) is 52.1 Å². The molecule has 6 heteroatoms. The van der Waals surface area contributed by atoms with Crippen molar-refractivity contribution in [3.63, 3.8) is 0 Å². The van der Waals surface area contributed by atoms with Crippen LogP contribution in [0.1, 0.15) is 50.8 Å².